The van der Waals surface area contributed by atoms with E-state index in [9.17, 15) is 14.0 Å². The molecule has 1 unspecified atom stereocenters. The molecule has 136 valence electrons. The van der Waals surface area contributed by atoms with Crippen LogP contribution in [0.4, 0.5) is 4.39 Å². The van der Waals surface area contributed by atoms with Gasteiger partial charge in [-0.15, -0.1) is 0 Å². The molecule has 0 bridgehead atoms. The van der Waals surface area contributed by atoms with Crippen LogP contribution in [-0.4, -0.2) is 24.5 Å². The van der Waals surface area contributed by atoms with Crippen molar-refractivity contribution in [1.82, 2.24) is 0 Å². The zero-order valence-electron chi connectivity index (χ0n) is 14.7. The second kappa shape index (κ2) is 7.65. The predicted octanol–water partition coefficient (Wildman–Crippen LogP) is 3.74. The van der Waals surface area contributed by atoms with Crippen molar-refractivity contribution in [3.05, 3.63) is 35.1 Å². The summed E-state index contributed by atoms with van der Waals surface area (Å²) in [5.74, 6) is -0.501. The maximum absolute atomic E-state index is 14.1. The molecule has 0 N–H and O–H groups in total. The molecule has 1 atom stereocenters. The van der Waals surface area contributed by atoms with Gasteiger partial charge in [0.15, 0.2) is 0 Å². The average Bonchev–Trinajstić information content (AvgIpc) is 3.10. The molecule has 1 heterocycles. The number of hydrogen-bond donors (Lipinski definition) is 0. The molecule has 0 aromatic heterocycles. The minimum absolute atomic E-state index is 0.0372. The first kappa shape index (κ1) is 18.1. The zero-order chi connectivity index (χ0) is 17.9. The van der Waals surface area contributed by atoms with Crippen LogP contribution in [0, 0.1) is 11.7 Å². The summed E-state index contributed by atoms with van der Waals surface area (Å²) in [5, 5.41) is 0. The van der Waals surface area contributed by atoms with E-state index in [1.807, 2.05) is 6.07 Å². The first-order chi connectivity index (χ1) is 12.0. The topological polar surface area (TPSA) is 52.6 Å². The summed E-state index contributed by atoms with van der Waals surface area (Å²) in [7, 11) is 1.53. The molecule has 1 aromatic rings. The van der Waals surface area contributed by atoms with Crippen LogP contribution in [0.3, 0.4) is 0 Å². The van der Waals surface area contributed by atoms with E-state index < -0.39 is 11.6 Å². The Kier molecular flexibility index (Phi) is 5.52. The highest BCUT2D eigenvalue weighted by Gasteiger charge is 2.47. The number of ether oxygens (including phenoxy) is 2. The lowest BCUT2D eigenvalue weighted by Crippen LogP contribution is -2.48. The molecule has 1 aliphatic heterocycles. The number of cyclic esters (lactones) is 1. The van der Waals surface area contributed by atoms with Crippen LogP contribution in [-0.2, 0) is 32.1 Å². The Morgan fingerprint density at radius 1 is 1.28 bits per heavy atom. The van der Waals surface area contributed by atoms with Crippen molar-refractivity contribution in [2.45, 2.75) is 63.6 Å². The van der Waals surface area contributed by atoms with Crippen LogP contribution >= 0.6 is 0 Å². The Balaban J connectivity index is 1.75. The summed E-state index contributed by atoms with van der Waals surface area (Å²) in [5.41, 5.74) is 0.671. The maximum Gasteiger partial charge on any atom is 0.313 e. The average molecular weight is 348 g/mol. The summed E-state index contributed by atoms with van der Waals surface area (Å²) in [6.07, 6.45) is 5.53. The standard InChI is InChI=1S/C20H25FO4/c1-24-13-15-7-6-14(10-18(15)21)8-9-20(16-4-2-3-5-16)12-17(22)11-19(23)25-20/h6-7,10,16H,2-5,8-9,11-13H2,1H3. The molecule has 0 radical (unpaired) electrons. The van der Waals surface area contributed by atoms with Gasteiger partial charge in [-0.1, -0.05) is 25.0 Å². The first-order valence-corrected chi connectivity index (χ1v) is 9.02. The third kappa shape index (κ3) is 4.09. The Hall–Kier alpha value is -1.75. The van der Waals surface area contributed by atoms with Gasteiger partial charge in [-0.05, 0) is 43.2 Å². The molecule has 25 heavy (non-hydrogen) atoms. The summed E-state index contributed by atoms with van der Waals surface area (Å²) in [6, 6.07) is 5.13. The van der Waals surface area contributed by atoms with Gasteiger partial charge < -0.3 is 9.47 Å². The van der Waals surface area contributed by atoms with E-state index >= 15 is 0 Å². The van der Waals surface area contributed by atoms with Crippen molar-refractivity contribution in [2.24, 2.45) is 5.92 Å². The van der Waals surface area contributed by atoms with Crippen LogP contribution in [0.15, 0.2) is 18.2 Å². The van der Waals surface area contributed by atoms with Crippen molar-refractivity contribution in [2.75, 3.05) is 7.11 Å². The number of halogens is 1. The quantitative estimate of drug-likeness (QED) is 0.580. The van der Waals surface area contributed by atoms with Gasteiger partial charge in [0.2, 0.25) is 0 Å². The van der Waals surface area contributed by atoms with Gasteiger partial charge in [0.25, 0.3) is 0 Å². The second-order valence-corrected chi connectivity index (χ2v) is 7.27. The van der Waals surface area contributed by atoms with Gasteiger partial charge in [-0.3, -0.25) is 9.59 Å². The van der Waals surface area contributed by atoms with Crippen molar-refractivity contribution < 1.29 is 23.5 Å². The van der Waals surface area contributed by atoms with Gasteiger partial charge in [0, 0.05) is 19.1 Å². The minimum atomic E-state index is -0.704. The fourth-order valence-corrected chi connectivity index (χ4v) is 4.25. The molecule has 5 heteroatoms. The first-order valence-electron chi connectivity index (χ1n) is 9.02. The monoisotopic (exact) mass is 348 g/mol. The number of hydrogen-bond acceptors (Lipinski definition) is 4. The number of ketones is 1. The van der Waals surface area contributed by atoms with Gasteiger partial charge in [-0.2, -0.15) is 0 Å². The molecule has 4 nitrogen and oxygen atoms in total. The highest BCUT2D eigenvalue weighted by Crippen LogP contribution is 2.43. The van der Waals surface area contributed by atoms with Gasteiger partial charge in [0.1, 0.15) is 23.6 Å². The number of benzene rings is 1. The highest BCUT2D eigenvalue weighted by atomic mass is 19.1. The summed E-state index contributed by atoms with van der Waals surface area (Å²) < 4.78 is 24.8. The molecule has 1 saturated heterocycles. The molecule has 1 saturated carbocycles. The summed E-state index contributed by atoms with van der Waals surface area (Å²) in [6.45, 7) is 0.240. The molecule has 1 aromatic carbocycles. The number of carbonyl (C=O) groups excluding carboxylic acids is 2. The lowest BCUT2D eigenvalue weighted by molar-refractivity contribution is -0.178. The van der Waals surface area contributed by atoms with Crippen molar-refractivity contribution >= 4 is 11.8 Å². The van der Waals surface area contributed by atoms with Crippen molar-refractivity contribution in [3.8, 4) is 0 Å². The van der Waals surface area contributed by atoms with E-state index in [-0.39, 0.29) is 30.5 Å². The maximum atomic E-state index is 14.1. The van der Waals surface area contributed by atoms with Gasteiger partial charge in [-0.25, -0.2) is 4.39 Å². The van der Waals surface area contributed by atoms with Crippen LogP contribution in [0.1, 0.15) is 56.1 Å². The van der Waals surface area contributed by atoms with Crippen molar-refractivity contribution in [1.29, 1.82) is 0 Å². The van der Waals surface area contributed by atoms with E-state index in [1.54, 1.807) is 6.07 Å². The van der Waals surface area contributed by atoms with Crippen molar-refractivity contribution in [3.63, 3.8) is 0 Å². The third-order valence-corrected chi connectivity index (χ3v) is 5.51. The molecule has 3 rings (SSSR count). The molecule has 1 aliphatic carbocycles. The number of esters is 1. The minimum Gasteiger partial charge on any atom is -0.458 e. The molecular weight excluding hydrogens is 323 g/mol. The number of carbonyl (C=O) groups is 2. The van der Waals surface area contributed by atoms with E-state index in [0.29, 0.717) is 24.8 Å². The van der Waals surface area contributed by atoms with Crippen LogP contribution in [0.25, 0.3) is 0 Å². The third-order valence-electron chi connectivity index (χ3n) is 5.51. The number of methoxy groups -OCH3 is 1. The Morgan fingerprint density at radius 3 is 2.68 bits per heavy atom. The fraction of sp³-hybridized carbons (Fsp3) is 0.600. The van der Waals surface area contributed by atoms with Gasteiger partial charge in [0.05, 0.1) is 6.61 Å². The highest BCUT2D eigenvalue weighted by molar-refractivity contribution is 5.98. The molecule has 0 spiro atoms. The number of Topliss-reactive ketones (excluding diaryl/α,β-unsaturated/α-hetero) is 1. The van der Waals surface area contributed by atoms with Gasteiger partial charge >= 0.3 is 5.97 Å². The van der Waals surface area contributed by atoms with Crippen LogP contribution < -0.4 is 0 Å². The summed E-state index contributed by atoms with van der Waals surface area (Å²) >= 11 is 0. The summed E-state index contributed by atoms with van der Waals surface area (Å²) in [4.78, 5) is 24.0. The van der Waals surface area contributed by atoms with E-state index in [4.69, 9.17) is 9.47 Å². The smallest absolute Gasteiger partial charge is 0.313 e. The molecular formula is C20H25FO4. The van der Waals surface area contributed by atoms with E-state index in [0.717, 1.165) is 31.2 Å². The normalized spacial score (nSPS) is 24.6. The molecule has 0 amide bonds. The Bertz CT molecular complexity index is 633. The number of aryl methyl sites for hydroxylation is 1. The lowest BCUT2D eigenvalue weighted by atomic mass is 9.76. The number of rotatable bonds is 6. The Morgan fingerprint density at radius 2 is 2.04 bits per heavy atom. The lowest BCUT2D eigenvalue weighted by Gasteiger charge is -2.41. The largest absolute Gasteiger partial charge is 0.458 e. The Labute approximate surface area is 147 Å². The second-order valence-electron chi connectivity index (χ2n) is 7.27. The van der Waals surface area contributed by atoms with E-state index in [1.165, 1.54) is 13.2 Å². The fourth-order valence-electron chi connectivity index (χ4n) is 4.25. The predicted molar refractivity (Wildman–Crippen MR) is 90.5 cm³/mol. The zero-order valence-corrected chi connectivity index (χ0v) is 14.7. The van der Waals surface area contributed by atoms with Crippen LogP contribution in [0.2, 0.25) is 0 Å². The SMILES string of the molecule is COCc1ccc(CCC2(C3CCCC3)CC(=O)CC(=O)O2)cc1F. The van der Waals surface area contributed by atoms with E-state index in [2.05, 4.69) is 0 Å². The molecule has 2 aliphatic rings. The molecule has 2 fully saturated rings. The van der Waals surface area contributed by atoms with Crippen LogP contribution in [0.5, 0.6) is 0 Å².